The molecule has 1 aromatic carbocycles. The van der Waals surface area contributed by atoms with Gasteiger partial charge in [0.15, 0.2) is 0 Å². The zero-order valence-corrected chi connectivity index (χ0v) is 9.36. The molecule has 0 spiro atoms. The SMILES string of the molecule is [B]c1ccc(-c2cnc(C(C)(C)O)[nH]2)cc1. The molecule has 0 aliphatic heterocycles. The monoisotopic (exact) mass is 212 g/mol. The van der Waals surface area contributed by atoms with Crippen molar-refractivity contribution in [1.82, 2.24) is 9.97 Å². The van der Waals surface area contributed by atoms with Crippen molar-refractivity contribution in [1.29, 1.82) is 0 Å². The Morgan fingerprint density at radius 3 is 2.38 bits per heavy atom. The average Bonchev–Trinajstić information content (AvgIpc) is 2.67. The second-order valence-electron chi connectivity index (χ2n) is 4.33. The van der Waals surface area contributed by atoms with Crippen LogP contribution < -0.4 is 5.46 Å². The number of hydrogen-bond donors (Lipinski definition) is 2. The topological polar surface area (TPSA) is 48.9 Å². The average molecular weight is 212 g/mol. The van der Waals surface area contributed by atoms with Crippen molar-refractivity contribution in [2.45, 2.75) is 19.4 Å². The van der Waals surface area contributed by atoms with Crippen molar-refractivity contribution in [3.63, 3.8) is 0 Å². The first-order valence-electron chi connectivity index (χ1n) is 5.10. The number of hydrogen-bond acceptors (Lipinski definition) is 2. The number of aliphatic hydroxyl groups is 1. The van der Waals surface area contributed by atoms with Crippen molar-refractivity contribution in [2.24, 2.45) is 0 Å². The molecule has 2 rings (SSSR count). The maximum atomic E-state index is 9.78. The zero-order valence-electron chi connectivity index (χ0n) is 9.36. The van der Waals surface area contributed by atoms with Gasteiger partial charge >= 0.3 is 0 Å². The summed E-state index contributed by atoms with van der Waals surface area (Å²) < 4.78 is 0. The van der Waals surface area contributed by atoms with Gasteiger partial charge < -0.3 is 10.1 Å². The first kappa shape index (κ1) is 11.0. The van der Waals surface area contributed by atoms with Crippen molar-refractivity contribution >= 4 is 13.3 Å². The van der Waals surface area contributed by atoms with E-state index >= 15 is 0 Å². The minimum absolute atomic E-state index is 0.555. The molecular weight excluding hydrogens is 199 g/mol. The van der Waals surface area contributed by atoms with E-state index in [1.54, 1.807) is 20.0 Å². The highest BCUT2D eigenvalue weighted by molar-refractivity contribution is 6.32. The molecule has 4 heteroatoms. The third kappa shape index (κ3) is 2.17. The Hall–Kier alpha value is -1.55. The van der Waals surface area contributed by atoms with Gasteiger partial charge in [-0.15, -0.1) is 0 Å². The fourth-order valence-corrected chi connectivity index (χ4v) is 1.44. The predicted molar refractivity (Wildman–Crippen MR) is 64.7 cm³/mol. The van der Waals surface area contributed by atoms with E-state index in [4.69, 9.17) is 7.85 Å². The second kappa shape index (κ2) is 3.79. The predicted octanol–water partition coefficient (Wildman–Crippen LogP) is 1.10. The first-order chi connectivity index (χ1) is 7.47. The van der Waals surface area contributed by atoms with E-state index < -0.39 is 5.60 Å². The maximum absolute atomic E-state index is 9.78. The molecule has 2 N–H and O–H groups in total. The highest BCUT2D eigenvalue weighted by Crippen LogP contribution is 2.21. The lowest BCUT2D eigenvalue weighted by atomic mass is 9.95. The molecule has 16 heavy (non-hydrogen) atoms. The summed E-state index contributed by atoms with van der Waals surface area (Å²) in [4.78, 5) is 7.24. The molecule has 80 valence electrons. The Kier molecular flexibility index (Phi) is 2.60. The van der Waals surface area contributed by atoms with Crippen LogP contribution in [-0.4, -0.2) is 22.9 Å². The van der Waals surface area contributed by atoms with Gasteiger partial charge in [0, 0.05) is 0 Å². The number of imidazole rings is 1. The van der Waals surface area contributed by atoms with Crippen molar-refractivity contribution in [2.75, 3.05) is 0 Å². The molecular formula is C12H13BN2O. The second-order valence-corrected chi connectivity index (χ2v) is 4.33. The Morgan fingerprint density at radius 2 is 1.88 bits per heavy atom. The highest BCUT2D eigenvalue weighted by Gasteiger charge is 2.19. The van der Waals surface area contributed by atoms with Crippen LogP contribution in [0.15, 0.2) is 30.5 Å². The molecule has 0 aliphatic carbocycles. The van der Waals surface area contributed by atoms with E-state index in [9.17, 15) is 5.11 Å². The van der Waals surface area contributed by atoms with Crippen LogP contribution in [0.1, 0.15) is 19.7 Å². The van der Waals surface area contributed by atoms with E-state index in [2.05, 4.69) is 9.97 Å². The highest BCUT2D eigenvalue weighted by atomic mass is 16.3. The number of nitrogens with one attached hydrogen (secondary N) is 1. The summed E-state index contributed by atoms with van der Waals surface area (Å²) in [5, 5.41) is 9.78. The van der Waals surface area contributed by atoms with Crippen LogP contribution in [0.5, 0.6) is 0 Å². The zero-order chi connectivity index (χ0) is 11.8. The van der Waals surface area contributed by atoms with Crippen LogP contribution in [-0.2, 0) is 5.60 Å². The number of nitrogens with zero attached hydrogens (tertiary/aromatic N) is 1. The minimum atomic E-state index is -0.952. The molecule has 1 aromatic heterocycles. The lowest BCUT2D eigenvalue weighted by Crippen LogP contribution is -2.17. The molecule has 2 aromatic rings. The van der Waals surface area contributed by atoms with Crippen LogP contribution in [0.25, 0.3) is 11.3 Å². The van der Waals surface area contributed by atoms with Crippen LogP contribution in [0.4, 0.5) is 0 Å². The Bertz CT molecular complexity index is 482. The van der Waals surface area contributed by atoms with Gasteiger partial charge in [0.05, 0.1) is 11.9 Å². The van der Waals surface area contributed by atoms with Crippen molar-refractivity contribution in [3.8, 4) is 11.3 Å². The van der Waals surface area contributed by atoms with Gasteiger partial charge in [0.1, 0.15) is 19.3 Å². The normalized spacial score (nSPS) is 11.7. The summed E-state index contributed by atoms with van der Waals surface area (Å²) >= 11 is 0. The Morgan fingerprint density at radius 1 is 1.25 bits per heavy atom. The maximum Gasteiger partial charge on any atom is 0.138 e. The minimum Gasteiger partial charge on any atom is -0.383 e. The molecule has 1 heterocycles. The number of aromatic amines is 1. The first-order valence-corrected chi connectivity index (χ1v) is 5.10. The molecule has 0 unspecified atom stereocenters. The Labute approximate surface area is 96.0 Å². The van der Waals surface area contributed by atoms with Crippen LogP contribution in [0.3, 0.4) is 0 Å². The van der Waals surface area contributed by atoms with Crippen LogP contribution in [0.2, 0.25) is 0 Å². The summed E-state index contributed by atoms with van der Waals surface area (Å²) in [6.07, 6.45) is 1.71. The number of benzene rings is 1. The van der Waals surface area contributed by atoms with Crippen LogP contribution >= 0.6 is 0 Å². The standard InChI is InChI=1S/C12H13BN2O/c1-12(2,16)11-14-7-10(15-11)8-3-5-9(13)6-4-8/h3-7,16H,1-2H3,(H,14,15). The van der Waals surface area contributed by atoms with Gasteiger partial charge in [-0.05, 0) is 19.4 Å². The molecule has 0 amide bonds. The molecule has 0 atom stereocenters. The fraction of sp³-hybridized carbons (Fsp3) is 0.250. The largest absolute Gasteiger partial charge is 0.383 e. The van der Waals surface area contributed by atoms with Gasteiger partial charge in [-0.25, -0.2) is 4.98 Å². The molecule has 0 saturated heterocycles. The van der Waals surface area contributed by atoms with Gasteiger partial charge in [0.2, 0.25) is 0 Å². The van der Waals surface area contributed by atoms with E-state index in [1.807, 2.05) is 24.3 Å². The molecule has 0 aliphatic rings. The third-order valence-electron chi connectivity index (χ3n) is 2.38. The lowest BCUT2D eigenvalue weighted by molar-refractivity contribution is 0.0697. The summed E-state index contributed by atoms with van der Waals surface area (Å²) in [6, 6.07) is 7.49. The molecule has 0 saturated carbocycles. The van der Waals surface area contributed by atoms with E-state index in [0.717, 1.165) is 16.7 Å². The van der Waals surface area contributed by atoms with Gasteiger partial charge in [-0.2, -0.15) is 0 Å². The summed E-state index contributed by atoms with van der Waals surface area (Å²) in [5.41, 5.74) is 1.65. The van der Waals surface area contributed by atoms with Crippen molar-refractivity contribution in [3.05, 3.63) is 36.3 Å². The van der Waals surface area contributed by atoms with E-state index in [0.29, 0.717) is 5.82 Å². The Balaban J connectivity index is 2.35. The van der Waals surface area contributed by atoms with Crippen molar-refractivity contribution < 1.29 is 5.11 Å². The smallest absolute Gasteiger partial charge is 0.138 e. The summed E-state index contributed by atoms with van der Waals surface area (Å²) in [6.45, 7) is 3.39. The van der Waals surface area contributed by atoms with Gasteiger partial charge in [0.25, 0.3) is 0 Å². The quantitative estimate of drug-likeness (QED) is 0.732. The number of aromatic nitrogens is 2. The molecule has 0 fully saturated rings. The summed E-state index contributed by atoms with van der Waals surface area (Å²) in [5.74, 6) is 0.555. The van der Waals surface area contributed by atoms with Gasteiger partial charge in [-0.3, -0.25) is 0 Å². The molecule has 2 radical (unpaired) electrons. The molecule has 0 bridgehead atoms. The van der Waals surface area contributed by atoms with E-state index in [-0.39, 0.29) is 0 Å². The molecule has 3 nitrogen and oxygen atoms in total. The van der Waals surface area contributed by atoms with Crippen LogP contribution in [0, 0.1) is 0 Å². The summed E-state index contributed by atoms with van der Waals surface area (Å²) in [7, 11) is 5.61. The number of H-pyrrole nitrogens is 1. The van der Waals surface area contributed by atoms with E-state index in [1.165, 1.54) is 0 Å². The van der Waals surface area contributed by atoms with Gasteiger partial charge in [-0.1, -0.05) is 29.7 Å². The fourth-order valence-electron chi connectivity index (χ4n) is 1.44. The number of rotatable bonds is 2. The third-order valence-corrected chi connectivity index (χ3v) is 2.38. The lowest BCUT2D eigenvalue weighted by Gasteiger charge is -2.12.